The molecule has 3 rings (SSSR count). The molecule has 0 aromatic heterocycles. The molecule has 0 spiro atoms. The van der Waals surface area contributed by atoms with Crippen LogP contribution in [0.15, 0.2) is 18.2 Å². The number of halogens is 2. The quantitative estimate of drug-likeness (QED) is 0.824. The van der Waals surface area contributed by atoms with Gasteiger partial charge in [-0.3, -0.25) is 4.79 Å². The van der Waals surface area contributed by atoms with Crippen molar-refractivity contribution < 1.29 is 14.7 Å². The third-order valence-electron chi connectivity index (χ3n) is 5.29. The molecule has 1 aromatic carbocycles. The van der Waals surface area contributed by atoms with E-state index >= 15 is 0 Å². The maximum Gasteiger partial charge on any atom is 0.404 e. The number of carboxylic acid groups (broad SMARTS) is 1. The number of hydrogen-bond acceptors (Lipinski definition) is 2. The van der Waals surface area contributed by atoms with Gasteiger partial charge < -0.3 is 15.3 Å². The Labute approximate surface area is 157 Å². The minimum Gasteiger partial charge on any atom is -0.465 e. The first-order valence-electron chi connectivity index (χ1n) is 8.70. The Kier molecular flexibility index (Phi) is 5.74. The van der Waals surface area contributed by atoms with E-state index in [2.05, 4.69) is 5.32 Å². The molecule has 25 heavy (non-hydrogen) atoms. The van der Waals surface area contributed by atoms with Crippen LogP contribution in [0, 0.1) is 5.92 Å². The second-order valence-electron chi connectivity index (χ2n) is 6.85. The third-order valence-corrected chi connectivity index (χ3v) is 6.00. The van der Waals surface area contributed by atoms with Gasteiger partial charge in [-0.25, -0.2) is 4.79 Å². The van der Waals surface area contributed by atoms with Crippen LogP contribution in [-0.2, 0) is 11.2 Å². The van der Waals surface area contributed by atoms with Gasteiger partial charge >= 0.3 is 6.09 Å². The number of nitrogens with one attached hydrogen (secondary N) is 1. The summed E-state index contributed by atoms with van der Waals surface area (Å²) in [6.07, 6.45) is 4.65. The SMILES string of the molecule is O=C(O)NC1CN(C2CCCCC2)C(=O)C1Cc1c(Cl)cccc1Cl. The average molecular weight is 385 g/mol. The minimum atomic E-state index is -1.11. The molecule has 7 heteroatoms. The van der Waals surface area contributed by atoms with Crippen LogP contribution < -0.4 is 5.32 Å². The molecule has 5 nitrogen and oxygen atoms in total. The van der Waals surface area contributed by atoms with Gasteiger partial charge in [-0.15, -0.1) is 0 Å². The van der Waals surface area contributed by atoms with Crippen LogP contribution in [0.25, 0.3) is 0 Å². The molecule has 2 amide bonds. The summed E-state index contributed by atoms with van der Waals surface area (Å²) in [5.41, 5.74) is 0.701. The van der Waals surface area contributed by atoms with E-state index in [1.807, 2.05) is 4.90 Å². The smallest absolute Gasteiger partial charge is 0.404 e. The Morgan fingerprint density at radius 1 is 1.20 bits per heavy atom. The fraction of sp³-hybridized carbons (Fsp3) is 0.556. The summed E-state index contributed by atoms with van der Waals surface area (Å²) >= 11 is 12.5. The van der Waals surface area contributed by atoms with Crippen LogP contribution in [0.1, 0.15) is 37.7 Å². The molecular weight excluding hydrogens is 363 g/mol. The normalized spacial score (nSPS) is 24.6. The number of rotatable bonds is 4. The molecule has 1 aromatic rings. The lowest BCUT2D eigenvalue weighted by molar-refractivity contribution is -0.133. The Morgan fingerprint density at radius 3 is 2.44 bits per heavy atom. The van der Waals surface area contributed by atoms with Crippen molar-refractivity contribution in [1.82, 2.24) is 10.2 Å². The molecule has 1 saturated heterocycles. The summed E-state index contributed by atoms with van der Waals surface area (Å²) in [7, 11) is 0. The standard InChI is InChI=1S/C18H22Cl2N2O3/c19-14-7-4-8-15(20)12(14)9-13-16(21-18(24)25)10-22(17(13)23)11-5-2-1-3-6-11/h4,7-8,11,13,16,21H,1-3,5-6,9-10H2,(H,24,25). The second-order valence-corrected chi connectivity index (χ2v) is 7.66. The lowest BCUT2D eigenvalue weighted by atomic mass is 9.93. The van der Waals surface area contributed by atoms with E-state index in [0.717, 1.165) is 25.7 Å². The fourth-order valence-corrected chi connectivity index (χ4v) is 4.57. The molecule has 2 fully saturated rings. The topological polar surface area (TPSA) is 69.6 Å². The summed E-state index contributed by atoms with van der Waals surface area (Å²) < 4.78 is 0. The van der Waals surface area contributed by atoms with Crippen LogP contribution in [-0.4, -0.2) is 40.6 Å². The third kappa shape index (κ3) is 4.04. The number of benzene rings is 1. The fourth-order valence-electron chi connectivity index (χ4n) is 4.02. The van der Waals surface area contributed by atoms with Gasteiger partial charge in [0.05, 0.1) is 12.0 Å². The Bertz CT molecular complexity index is 641. The Hall–Kier alpha value is -1.46. The molecule has 2 unspecified atom stereocenters. The van der Waals surface area contributed by atoms with Crippen LogP contribution >= 0.6 is 23.2 Å². The summed E-state index contributed by atoms with van der Waals surface area (Å²) in [5.74, 6) is -0.475. The summed E-state index contributed by atoms with van der Waals surface area (Å²) in [5, 5.41) is 12.7. The van der Waals surface area contributed by atoms with Gasteiger partial charge in [0.25, 0.3) is 0 Å². The number of amides is 2. The van der Waals surface area contributed by atoms with Crippen molar-refractivity contribution in [2.45, 2.75) is 50.6 Å². The van der Waals surface area contributed by atoms with Crippen molar-refractivity contribution in [3.8, 4) is 0 Å². The first kappa shape index (κ1) is 18.3. The molecule has 2 aliphatic rings. The van der Waals surface area contributed by atoms with Gasteiger partial charge in [-0.05, 0) is 37.0 Å². The zero-order chi connectivity index (χ0) is 18.0. The van der Waals surface area contributed by atoms with Crippen LogP contribution in [0.5, 0.6) is 0 Å². The van der Waals surface area contributed by atoms with E-state index in [1.54, 1.807) is 18.2 Å². The van der Waals surface area contributed by atoms with Crippen molar-refractivity contribution in [2.75, 3.05) is 6.54 Å². The second kappa shape index (κ2) is 7.83. The van der Waals surface area contributed by atoms with Crippen molar-refractivity contribution >= 4 is 35.2 Å². The molecule has 1 aliphatic carbocycles. The summed E-state index contributed by atoms with van der Waals surface area (Å²) in [6.45, 7) is 0.419. The zero-order valence-corrected chi connectivity index (χ0v) is 15.4. The van der Waals surface area contributed by atoms with Crippen molar-refractivity contribution in [1.29, 1.82) is 0 Å². The van der Waals surface area contributed by atoms with E-state index in [1.165, 1.54) is 6.42 Å². The maximum atomic E-state index is 13.0. The van der Waals surface area contributed by atoms with E-state index in [4.69, 9.17) is 28.3 Å². The lowest BCUT2D eigenvalue weighted by Crippen LogP contribution is -2.41. The van der Waals surface area contributed by atoms with E-state index in [9.17, 15) is 9.59 Å². The first-order chi connectivity index (χ1) is 12.0. The maximum absolute atomic E-state index is 13.0. The van der Waals surface area contributed by atoms with Crippen LogP contribution in [0.2, 0.25) is 10.0 Å². The number of likely N-dealkylation sites (tertiary alicyclic amines) is 1. The monoisotopic (exact) mass is 384 g/mol. The van der Waals surface area contributed by atoms with E-state index in [-0.39, 0.29) is 11.9 Å². The number of carbonyl (C=O) groups is 2. The molecule has 136 valence electrons. The van der Waals surface area contributed by atoms with Crippen LogP contribution in [0.4, 0.5) is 4.79 Å². The number of nitrogens with zero attached hydrogens (tertiary/aromatic N) is 1. The highest BCUT2D eigenvalue weighted by molar-refractivity contribution is 6.36. The Balaban J connectivity index is 1.83. The van der Waals surface area contributed by atoms with E-state index < -0.39 is 18.1 Å². The number of hydrogen-bond donors (Lipinski definition) is 2. The number of carbonyl (C=O) groups excluding carboxylic acids is 1. The molecule has 1 heterocycles. The predicted molar refractivity (Wildman–Crippen MR) is 97.2 cm³/mol. The summed E-state index contributed by atoms with van der Waals surface area (Å²) in [6, 6.07) is 5.00. The van der Waals surface area contributed by atoms with Gasteiger partial charge in [0.15, 0.2) is 0 Å². The molecule has 1 aliphatic heterocycles. The molecule has 0 radical (unpaired) electrons. The largest absolute Gasteiger partial charge is 0.465 e. The average Bonchev–Trinajstić information content (AvgIpc) is 2.87. The van der Waals surface area contributed by atoms with Crippen molar-refractivity contribution in [2.24, 2.45) is 5.92 Å². The molecule has 2 N–H and O–H groups in total. The molecular formula is C18H22Cl2N2O3. The van der Waals surface area contributed by atoms with Gasteiger partial charge in [0, 0.05) is 22.6 Å². The zero-order valence-electron chi connectivity index (χ0n) is 13.9. The minimum absolute atomic E-state index is 0.00152. The van der Waals surface area contributed by atoms with Gasteiger partial charge in [-0.1, -0.05) is 48.5 Å². The lowest BCUT2D eigenvalue weighted by Gasteiger charge is -2.31. The van der Waals surface area contributed by atoms with Gasteiger partial charge in [-0.2, -0.15) is 0 Å². The predicted octanol–water partition coefficient (Wildman–Crippen LogP) is 3.96. The highest BCUT2D eigenvalue weighted by Crippen LogP contribution is 2.34. The highest BCUT2D eigenvalue weighted by atomic mass is 35.5. The first-order valence-corrected chi connectivity index (χ1v) is 9.46. The summed E-state index contributed by atoms with van der Waals surface area (Å²) in [4.78, 5) is 26.1. The van der Waals surface area contributed by atoms with Crippen molar-refractivity contribution in [3.63, 3.8) is 0 Å². The Morgan fingerprint density at radius 2 is 1.84 bits per heavy atom. The van der Waals surface area contributed by atoms with Gasteiger partial charge in [0.2, 0.25) is 5.91 Å². The van der Waals surface area contributed by atoms with Crippen molar-refractivity contribution in [3.05, 3.63) is 33.8 Å². The van der Waals surface area contributed by atoms with E-state index in [0.29, 0.717) is 28.6 Å². The molecule has 0 bridgehead atoms. The molecule has 2 atom stereocenters. The highest BCUT2D eigenvalue weighted by Gasteiger charge is 2.44. The molecule has 1 saturated carbocycles. The van der Waals surface area contributed by atoms with Gasteiger partial charge in [0.1, 0.15) is 0 Å². The van der Waals surface area contributed by atoms with Crippen LogP contribution in [0.3, 0.4) is 0 Å².